The Morgan fingerprint density at radius 1 is 0.667 bits per heavy atom. The summed E-state index contributed by atoms with van der Waals surface area (Å²) < 4.78 is 171. The van der Waals surface area contributed by atoms with Gasteiger partial charge in [0.15, 0.2) is 0 Å². The van der Waals surface area contributed by atoms with E-state index in [1.54, 1.807) is 0 Å². The largest absolute Gasteiger partial charge is 0.0629 e. The molecule has 0 radical (unpaired) electrons. The number of rotatable bonds is 0. The molecule has 0 saturated carbocycles. The van der Waals surface area contributed by atoms with Crippen molar-refractivity contribution in [2.75, 3.05) is 0 Å². The highest BCUT2D eigenvalue weighted by Gasteiger charge is 2.23. The van der Waals surface area contributed by atoms with Gasteiger partial charge in [-0.15, -0.1) is 0 Å². The minimum atomic E-state index is -4.09. The molecule has 1 aromatic carbocycles. The van der Waals surface area contributed by atoms with Gasteiger partial charge in [0.1, 0.15) is 0 Å². The van der Waals surface area contributed by atoms with Crippen LogP contribution in [0.25, 0.3) is 0 Å². The van der Waals surface area contributed by atoms with Crippen molar-refractivity contribution in [1.82, 2.24) is 0 Å². The molecule has 0 aromatic heterocycles. The molecule has 0 heterocycles. The van der Waals surface area contributed by atoms with Crippen molar-refractivity contribution in [1.29, 1.82) is 0 Å². The van der Waals surface area contributed by atoms with Gasteiger partial charge in [-0.05, 0) is 32.9 Å². The quantitative estimate of drug-likeness (QED) is 0.576. The topological polar surface area (TPSA) is 0 Å². The molecule has 0 bridgehead atoms. The molecule has 0 amide bonds. The van der Waals surface area contributed by atoms with Crippen molar-refractivity contribution in [2.45, 2.75) is 78.1 Å². The third-order valence-corrected chi connectivity index (χ3v) is 2.25. The first kappa shape index (κ1) is 3.10. The predicted octanol–water partition coefficient (Wildman–Crippen LogP) is 5.58. The fourth-order valence-electron chi connectivity index (χ4n) is 1.22. The highest BCUT2D eigenvalue weighted by molar-refractivity contribution is 5.39. The maximum atomic E-state index is 8.78. The van der Waals surface area contributed by atoms with E-state index in [9.17, 15) is 0 Å². The Balaban J connectivity index is 5.15. The summed E-state index contributed by atoms with van der Waals surface area (Å²) in [5, 5.41) is 0. The maximum Gasteiger partial charge on any atom is 0.0629 e. The van der Waals surface area contributed by atoms with Gasteiger partial charge in [0.2, 0.25) is 0 Å². The molecule has 0 aliphatic carbocycles. The second-order valence-corrected chi connectivity index (χ2v) is 5.25. The Morgan fingerprint density at radius 3 is 1.17 bits per heavy atom. The molecule has 0 N–H and O–H groups in total. The smallest absolute Gasteiger partial charge is 0.0561 e. The van der Waals surface area contributed by atoms with Gasteiger partial charge in [-0.2, -0.15) is 0 Å². The van der Waals surface area contributed by atoms with Gasteiger partial charge in [0, 0.05) is 24.7 Å². The normalized spacial score (nSPS) is 35.2. The fourth-order valence-corrected chi connectivity index (χ4v) is 1.22. The Labute approximate surface area is 143 Å². The summed E-state index contributed by atoms with van der Waals surface area (Å²) in [6.07, 6.45) is 0. The number of hydrogen-bond acceptors (Lipinski definition) is 0. The van der Waals surface area contributed by atoms with E-state index < -0.39 is 92.2 Å². The van der Waals surface area contributed by atoms with E-state index >= 15 is 0 Å². The van der Waals surface area contributed by atoms with E-state index in [-0.39, 0.29) is 0 Å². The van der Waals surface area contributed by atoms with Crippen LogP contribution in [0.2, 0.25) is 0 Å². The molecular formula is C18H30. The molecule has 102 valence electrons. The molecule has 18 heavy (non-hydrogen) atoms. The first-order valence-corrected chi connectivity index (χ1v) is 5.25. The summed E-state index contributed by atoms with van der Waals surface area (Å²) in [6, 6.07) is -4.22. The highest BCUT2D eigenvalue weighted by Crippen LogP contribution is 2.34. The second kappa shape index (κ2) is 4.40. The van der Waals surface area contributed by atoms with Crippen LogP contribution in [0.5, 0.6) is 0 Å². The van der Waals surface area contributed by atoms with Crippen molar-refractivity contribution < 1.29 is 28.8 Å². The van der Waals surface area contributed by atoms with Crippen molar-refractivity contribution in [3.05, 3.63) is 34.8 Å². The van der Waals surface area contributed by atoms with Gasteiger partial charge >= 0.3 is 0 Å². The van der Waals surface area contributed by atoms with Crippen molar-refractivity contribution in [2.24, 2.45) is 0 Å². The Kier molecular flexibility index (Phi) is 0.758. The van der Waals surface area contributed by atoms with Gasteiger partial charge < -0.3 is 0 Å². The molecule has 0 fully saturated rings. The van der Waals surface area contributed by atoms with Crippen LogP contribution in [0, 0.1) is 0 Å². The van der Waals surface area contributed by atoms with Crippen molar-refractivity contribution in [3.8, 4) is 0 Å². The molecule has 0 aliphatic rings. The Hall–Kier alpha value is -0.780. The molecule has 1 aromatic rings. The summed E-state index contributed by atoms with van der Waals surface area (Å²) in [5.41, 5.74) is -13.7. The predicted molar refractivity (Wildman–Crippen MR) is 82.5 cm³/mol. The maximum absolute atomic E-state index is 8.78. The third kappa shape index (κ3) is 3.60. The summed E-state index contributed by atoms with van der Waals surface area (Å²) in [5.74, 6) is 0. The summed E-state index contributed by atoms with van der Waals surface area (Å²) in [6.45, 7) is -20.5. The third-order valence-electron chi connectivity index (χ3n) is 2.25. The van der Waals surface area contributed by atoms with E-state index in [1.165, 1.54) is 20.8 Å². The SMILES string of the molecule is [2H]c1c(C(C)(C)C)c([2H])c(C(C([2H])([2H])[2H])(C([2H])([2H])[2H])C([2H])([2H])[2H])c([2H])c1C(C([2H])([2H])[2H])(C([2H])([2H])[2H])C([2H])([2H])[2H]. The molecule has 1 rings (SSSR count). The lowest BCUT2D eigenvalue weighted by Gasteiger charge is -2.29. The summed E-state index contributed by atoms with van der Waals surface area (Å²) in [7, 11) is 0. The summed E-state index contributed by atoms with van der Waals surface area (Å²) >= 11 is 0. The van der Waals surface area contributed by atoms with Gasteiger partial charge in [-0.1, -0.05) is 80.0 Å². The minimum Gasteiger partial charge on any atom is -0.0561 e. The lowest BCUT2D eigenvalue weighted by Crippen LogP contribution is -2.20. The molecule has 0 heteroatoms. The molecule has 0 spiro atoms. The summed E-state index contributed by atoms with van der Waals surface area (Å²) in [4.78, 5) is 0. The second-order valence-electron chi connectivity index (χ2n) is 5.25. The molecule has 0 atom stereocenters. The zero-order valence-corrected chi connectivity index (χ0v) is 10.5. The van der Waals surface area contributed by atoms with Gasteiger partial charge in [-0.25, -0.2) is 0 Å². The standard InChI is InChI=1S/C18H30/c1-16(2,3)13-10-14(17(4,5)6)12-15(11-13)18(7,8)9/h10-12H,1-9H3/i1D3,2D3,3D3,4D3,5D3,6D3,10D,11D,12D. The molecule has 0 saturated heterocycles. The van der Waals surface area contributed by atoms with E-state index in [0.29, 0.717) is 0 Å². The Morgan fingerprint density at radius 2 is 0.944 bits per heavy atom. The van der Waals surface area contributed by atoms with Crippen LogP contribution >= 0.6 is 0 Å². The van der Waals surface area contributed by atoms with E-state index in [4.69, 9.17) is 28.8 Å². The van der Waals surface area contributed by atoms with E-state index in [1.807, 2.05) is 0 Å². The number of benzene rings is 1. The fraction of sp³-hybridized carbons (Fsp3) is 0.667. The van der Waals surface area contributed by atoms with Crippen LogP contribution in [0.15, 0.2) is 18.1 Å². The zero-order valence-electron chi connectivity index (χ0n) is 31.5. The van der Waals surface area contributed by atoms with Crippen LogP contribution in [-0.4, -0.2) is 0 Å². The molecule has 0 aliphatic heterocycles. The first-order chi connectivity index (χ1) is 16.6. The van der Waals surface area contributed by atoms with Crippen molar-refractivity contribution in [3.63, 3.8) is 0 Å². The molecule has 0 nitrogen and oxygen atoms in total. The van der Waals surface area contributed by atoms with Crippen LogP contribution in [-0.2, 0) is 16.2 Å². The molecule has 0 unspecified atom stereocenters. The zero-order chi connectivity index (χ0) is 32.0. The van der Waals surface area contributed by atoms with Gasteiger partial charge in [0.25, 0.3) is 0 Å². The van der Waals surface area contributed by atoms with E-state index in [0.717, 1.165) is 0 Å². The van der Waals surface area contributed by atoms with Gasteiger partial charge in [-0.3, -0.25) is 0 Å². The van der Waals surface area contributed by atoms with Crippen LogP contribution in [0.3, 0.4) is 0 Å². The van der Waals surface area contributed by atoms with E-state index in [2.05, 4.69) is 0 Å². The monoisotopic (exact) mass is 267 g/mol. The lowest BCUT2D eigenvalue weighted by atomic mass is 9.76. The molecular weight excluding hydrogens is 216 g/mol. The highest BCUT2D eigenvalue weighted by atomic mass is 14.3. The number of hydrogen-bond donors (Lipinski definition) is 0. The average molecular weight is 268 g/mol. The van der Waals surface area contributed by atoms with Crippen molar-refractivity contribution >= 4 is 0 Å². The minimum absolute atomic E-state index is 0.729. The van der Waals surface area contributed by atoms with Gasteiger partial charge in [0.05, 0.1) is 4.11 Å². The lowest BCUT2D eigenvalue weighted by molar-refractivity contribution is 0.548. The van der Waals surface area contributed by atoms with Crippen LogP contribution < -0.4 is 0 Å². The Bertz CT molecular complexity index is 929. The first-order valence-electron chi connectivity index (χ1n) is 15.8. The van der Waals surface area contributed by atoms with Crippen LogP contribution in [0.4, 0.5) is 0 Å². The average Bonchev–Trinajstić information content (AvgIpc) is 2.53. The van der Waals surface area contributed by atoms with Crippen LogP contribution in [0.1, 0.15) is 107 Å².